The number of guanidine groups is 1. The van der Waals surface area contributed by atoms with Crippen molar-refractivity contribution in [3.63, 3.8) is 0 Å². The Bertz CT molecular complexity index is 727. The minimum atomic E-state index is 0.526. The Morgan fingerprint density at radius 2 is 2.04 bits per heavy atom. The van der Waals surface area contributed by atoms with Gasteiger partial charge in [0, 0.05) is 32.0 Å². The Labute approximate surface area is 161 Å². The van der Waals surface area contributed by atoms with Gasteiger partial charge in [0.05, 0.1) is 25.9 Å². The number of nitrogens with one attached hydrogen (secondary N) is 2. The van der Waals surface area contributed by atoms with Gasteiger partial charge in [-0.1, -0.05) is 12.1 Å². The van der Waals surface area contributed by atoms with Crippen LogP contribution < -0.4 is 15.4 Å². The third kappa shape index (κ3) is 7.30. The molecule has 7 heteroatoms. The number of hydrogen-bond acceptors (Lipinski definition) is 4. The molecule has 1 aromatic carbocycles. The number of hydrogen-bond donors (Lipinski definition) is 2. The van der Waals surface area contributed by atoms with Gasteiger partial charge in [-0.2, -0.15) is 5.10 Å². The van der Waals surface area contributed by atoms with E-state index in [9.17, 15) is 0 Å². The summed E-state index contributed by atoms with van der Waals surface area (Å²) >= 11 is 0. The van der Waals surface area contributed by atoms with E-state index in [0.717, 1.165) is 48.0 Å². The highest BCUT2D eigenvalue weighted by Crippen LogP contribution is 2.21. The van der Waals surface area contributed by atoms with Gasteiger partial charge in [-0.25, -0.2) is 4.99 Å². The molecule has 148 valence electrons. The van der Waals surface area contributed by atoms with Crippen molar-refractivity contribution in [1.29, 1.82) is 0 Å². The Balaban J connectivity index is 1.96. The number of aliphatic imine (C=N–C) groups is 1. The summed E-state index contributed by atoms with van der Waals surface area (Å²) in [7, 11) is 1.67. The molecule has 2 N–H and O–H groups in total. The molecule has 0 bridgehead atoms. The van der Waals surface area contributed by atoms with E-state index in [0.29, 0.717) is 19.8 Å². The first-order valence-corrected chi connectivity index (χ1v) is 9.35. The summed E-state index contributed by atoms with van der Waals surface area (Å²) in [5, 5.41) is 10.9. The Hall–Kier alpha value is -2.54. The van der Waals surface area contributed by atoms with Crippen LogP contribution in [0.4, 0.5) is 0 Å². The number of methoxy groups -OCH3 is 1. The maximum atomic E-state index is 5.85. The molecule has 1 aromatic heterocycles. The lowest BCUT2D eigenvalue weighted by molar-refractivity contribution is 0.145. The summed E-state index contributed by atoms with van der Waals surface area (Å²) in [6.07, 6.45) is 3.89. The number of aryl methyl sites for hydroxylation is 2. The van der Waals surface area contributed by atoms with E-state index in [1.165, 1.54) is 0 Å². The van der Waals surface area contributed by atoms with Gasteiger partial charge in [0.2, 0.25) is 0 Å². The van der Waals surface area contributed by atoms with Crippen molar-refractivity contribution < 1.29 is 9.47 Å². The zero-order valence-corrected chi connectivity index (χ0v) is 16.8. The van der Waals surface area contributed by atoms with Gasteiger partial charge in [-0.15, -0.1) is 0 Å². The van der Waals surface area contributed by atoms with Crippen LogP contribution >= 0.6 is 0 Å². The normalized spacial score (nSPS) is 11.5. The maximum Gasteiger partial charge on any atom is 0.191 e. The zero-order chi connectivity index (χ0) is 19.5. The van der Waals surface area contributed by atoms with Crippen molar-refractivity contribution in [3.8, 4) is 5.75 Å². The smallest absolute Gasteiger partial charge is 0.191 e. The summed E-state index contributed by atoms with van der Waals surface area (Å²) in [6, 6.07) is 6.19. The highest BCUT2D eigenvalue weighted by Gasteiger charge is 2.05. The van der Waals surface area contributed by atoms with E-state index >= 15 is 0 Å². The van der Waals surface area contributed by atoms with Gasteiger partial charge in [0.1, 0.15) is 12.4 Å². The molecule has 2 aromatic rings. The van der Waals surface area contributed by atoms with Crippen molar-refractivity contribution >= 4 is 5.96 Å². The van der Waals surface area contributed by atoms with Crippen LogP contribution in [0.1, 0.15) is 23.6 Å². The van der Waals surface area contributed by atoms with E-state index in [4.69, 9.17) is 14.5 Å². The summed E-state index contributed by atoms with van der Waals surface area (Å²) < 4.78 is 12.8. The van der Waals surface area contributed by atoms with Gasteiger partial charge in [-0.05, 0) is 38.0 Å². The first-order chi connectivity index (χ1) is 13.1. The SMILES string of the molecule is CCNC(=NCc1ccc(C)cc1OCCOC)NCCn1cc(C)cn1. The van der Waals surface area contributed by atoms with Crippen LogP contribution in [0.5, 0.6) is 5.75 Å². The minimum absolute atomic E-state index is 0.526. The number of ether oxygens (including phenoxy) is 2. The Morgan fingerprint density at radius 1 is 1.19 bits per heavy atom. The Morgan fingerprint density at radius 3 is 2.74 bits per heavy atom. The zero-order valence-electron chi connectivity index (χ0n) is 16.8. The van der Waals surface area contributed by atoms with E-state index in [-0.39, 0.29) is 0 Å². The molecule has 7 nitrogen and oxygen atoms in total. The van der Waals surface area contributed by atoms with Crippen LogP contribution in [0.2, 0.25) is 0 Å². The summed E-state index contributed by atoms with van der Waals surface area (Å²) in [4.78, 5) is 4.69. The quantitative estimate of drug-likeness (QED) is 0.380. The van der Waals surface area contributed by atoms with Crippen LogP contribution in [0.25, 0.3) is 0 Å². The fourth-order valence-corrected chi connectivity index (χ4v) is 2.55. The van der Waals surface area contributed by atoms with Crippen LogP contribution in [0.3, 0.4) is 0 Å². The van der Waals surface area contributed by atoms with E-state index in [2.05, 4.69) is 41.7 Å². The number of nitrogens with zero attached hydrogens (tertiary/aromatic N) is 3. The van der Waals surface area contributed by atoms with E-state index in [1.807, 2.05) is 30.1 Å². The molecule has 2 rings (SSSR count). The monoisotopic (exact) mass is 373 g/mol. The van der Waals surface area contributed by atoms with E-state index in [1.54, 1.807) is 7.11 Å². The lowest BCUT2D eigenvalue weighted by Crippen LogP contribution is -2.38. The molecule has 0 amide bonds. The second-order valence-electron chi connectivity index (χ2n) is 6.36. The molecule has 0 radical (unpaired) electrons. The number of rotatable bonds is 10. The van der Waals surface area contributed by atoms with Crippen molar-refractivity contribution in [2.45, 2.75) is 33.9 Å². The molecular weight excluding hydrogens is 342 g/mol. The van der Waals surface area contributed by atoms with Gasteiger partial charge < -0.3 is 20.1 Å². The first-order valence-electron chi connectivity index (χ1n) is 9.35. The van der Waals surface area contributed by atoms with E-state index < -0.39 is 0 Å². The number of benzene rings is 1. The number of aromatic nitrogens is 2. The largest absolute Gasteiger partial charge is 0.491 e. The highest BCUT2D eigenvalue weighted by atomic mass is 16.5. The van der Waals surface area contributed by atoms with Gasteiger partial charge in [0.25, 0.3) is 0 Å². The molecule has 0 fully saturated rings. The van der Waals surface area contributed by atoms with Crippen molar-refractivity contribution in [3.05, 3.63) is 47.3 Å². The topological polar surface area (TPSA) is 72.7 Å². The molecule has 0 unspecified atom stereocenters. The highest BCUT2D eigenvalue weighted by molar-refractivity contribution is 5.79. The lowest BCUT2D eigenvalue weighted by Gasteiger charge is -2.13. The second kappa shape index (κ2) is 11.2. The standard InChI is InChI=1S/C20H31N5O2/c1-5-21-20(22-8-9-25-15-17(3)13-24-25)23-14-18-7-6-16(2)12-19(18)27-11-10-26-4/h6-7,12-13,15H,5,8-11,14H2,1-4H3,(H2,21,22,23). The van der Waals surface area contributed by atoms with Crippen LogP contribution in [0, 0.1) is 13.8 Å². The first kappa shape index (κ1) is 20.8. The summed E-state index contributed by atoms with van der Waals surface area (Å²) in [5.74, 6) is 1.64. The molecule has 0 spiro atoms. The molecule has 0 aliphatic rings. The van der Waals surface area contributed by atoms with Crippen molar-refractivity contribution in [2.24, 2.45) is 4.99 Å². The molecule has 0 saturated carbocycles. The van der Waals surface area contributed by atoms with Crippen LogP contribution in [0.15, 0.2) is 35.6 Å². The second-order valence-corrected chi connectivity index (χ2v) is 6.36. The molecule has 1 heterocycles. The minimum Gasteiger partial charge on any atom is -0.491 e. The predicted octanol–water partition coefficient (Wildman–Crippen LogP) is 2.28. The molecule has 0 aliphatic heterocycles. The summed E-state index contributed by atoms with van der Waals surface area (Å²) in [6.45, 7) is 10.1. The average Bonchev–Trinajstić information content (AvgIpc) is 3.06. The average molecular weight is 374 g/mol. The molecular formula is C20H31N5O2. The molecule has 27 heavy (non-hydrogen) atoms. The third-order valence-electron chi connectivity index (χ3n) is 3.92. The predicted molar refractivity (Wildman–Crippen MR) is 108 cm³/mol. The van der Waals surface area contributed by atoms with Crippen molar-refractivity contribution in [1.82, 2.24) is 20.4 Å². The molecule has 0 aliphatic carbocycles. The molecule has 0 saturated heterocycles. The van der Waals surface area contributed by atoms with Crippen molar-refractivity contribution in [2.75, 3.05) is 33.4 Å². The van der Waals surface area contributed by atoms with Gasteiger partial charge in [0.15, 0.2) is 5.96 Å². The maximum absolute atomic E-state index is 5.85. The van der Waals surface area contributed by atoms with Gasteiger partial charge in [-0.3, -0.25) is 4.68 Å². The fraction of sp³-hybridized carbons (Fsp3) is 0.500. The molecule has 0 atom stereocenters. The van der Waals surface area contributed by atoms with Crippen LogP contribution in [-0.2, 0) is 17.8 Å². The summed E-state index contributed by atoms with van der Waals surface area (Å²) in [5.41, 5.74) is 3.38. The lowest BCUT2D eigenvalue weighted by atomic mass is 10.1. The van der Waals surface area contributed by atoms with Gasteiger partial charge >= 0.3 is 0 Å². The third-order valence-corrected chi connectivity index (χ3v) is 3.92. The Kier molecular flexibility index (Phi) is 8.64. The fourth-order valence-electron chi connectivity index (χ4n) is 2.55. The van der Waals surface area contributed by atoms with Crippen LogP contribution in [-0.4, -0.2) is 49.2 Å².